The number of nitrogens with zero attached hydrogens (tertiary/aromatic N) is 1. The molecule has 0 saturated carbocycles. The minimum Gasteiger partial charge on any atom is -0.361 e. The molecule has 106 valence electrons. The number of rotatable bonds is 4. The van der Waals surface area contributed by atoms with Crippen molar-refractivity contribution in [3.8, 4) is 0 Å². The Morgan fingerprint density at radius 1 is 1.22 bits per heavy atom. The Balaban J connectivity index is 1.58. The van der Waals surface area contributed by atoms with Gasteiger partial charge in [-0.1, -0.05) is 20.8 Å². The van der Waals surface area contributed by atoms with E-state index in [4.69, 9.17) is 4.74 Å². The van der Waals surface area contributed by atoms with Gasteiger partial charge >= 0.3 is 0 Å². The summed E-state index contributed by atoms with van der Waals surface area (Å²) in [6, 6.07) is 0.528. The number of hydrogen-bond acceptors (Lipinski definition) is 5. The summed E-state index contributed by atoms with van der Waals surface area (Å²) >= 11 is 0. The van der Waals surface area contributed by atoms with Gasteiger partial charge in [0.1, 0.15) is 6.23 Å². The first-order valence-corrected chi connectivity index (χ1v) is 7.07. The molecule has 0 aromatic heterocycles. The van der Waals surface area contributed by atoms with E-state index in [2.05, 4.69) is 41.6 Å². The lowest BCUT2D eigenvalue weighted by Crippen LogP contribution is -2.59. The summed E-state index contributed by atoms with van der Waals surface area (Å²) in [5.41, 5.74) is 0.305. The van der Waals surface area contributed by atoms with Crippen molar-refractivity contribution in [2.24, 2.45) is 5.41 Å². The third-order valence-electron chi connectivity index (χ3n) is 3.81. The highest BCUT2D eigenvalue weighted by molar-refractivity contribution is 4.87. The molecule has 3 N–H and O–H groups in total. The summed E-state index contributed by atoms with van der Waals surface area (Å²) in [5, 5.41) is 10.4. The minimum absolute atomic E-state index is 0.166. The number of nitrogens with one attached hydrogen (secondary N) is 3. The number of piperazine rings is 1. The lowest BCUT2D eigenvalue weighted by molar-refractivity contribution is -0.00267. The lowest BCUT2D eigenvalue weighted by atomic mass is 9.86. The topological polar surface area (TPSA) is 48.6 Å². The molecule has 0 aromatic rings. The van der Waals surface area contributed by atoms with E-state index in [1.807, 2.05) is 0 Å². The van der Waals surface area contributed by atoms with E-state index in [-0.39, 0.29) is 6.23 Å². The SMILES string of the molecule is CC(C)(C)C1CNC(OCCN2CCNC2)CN1. The van der Waals surface area contributed by atoms with Crippen LogP contribution in [-0.4, -0.2) is 63.2 Å². The molecule has 5 nitrogen and oxygen atoms in total. The second-order valence-electron chi connectivity index (χ2n) is 6.37. The predicted molar refractivity (Wildman–Crippen MR) is 73.4 cm³/mol. The van der Waals surface area contributed by atoms with E-state index in [1.165, 1.54) is 0 Å². The van der Waals surface area contributed by atoms with Gasteiger partial charge in [-0.25, -0.2) is 0 Å². The van der Waals surface area contributed by atoms with Crippen LogP contribution in [0.15, 0.2) is 0 Å². The Labute approximate surface area is 111 Å². The Morgan fingerprint density at radius 2 is 2.06 bits per heavy atom. The molecule has 18 heavy (non-hydrogen) atoms. The third-order valence-corrected chi connectivity index (χ3v) is 3.81. The van der Waals surface area contributed by atoms with Crippen molar-refractivity contribution >= 4 is 0 Å². The molecule has 2 saturated heterocycles. The fourth-order valence-electron chi connectivity index (χ4n) is 2.44. The van der Waals surface area contributed by atoms with Crippen LogP contribution in [-0.2, 0) is 4.74 Å². The van der Waals surface area contributed by atoms with Gasteiger partial charge in [-0.05, 0) is 5.41 Å². The second-order valence-corrected chi connectivity index (χ2v) is 6.37. The maximum Gasteiger partial charge on any atom is 0.120 e. The van der Waals surface area contributed by atoms with E-state index in [9.17, 15) is 0 Å². The molecule has 2 rings (SSSR count). The standard InChI is InChI=1S/C13H28N4O/c1-13(2,3)11-8-16-12(9-15-11)18-7-6-17-5-4-14-10-17/h11-12,14-16H,4-10H2,1-3H3. The molecular formula is C13H28N4O. The molecule has 0 amide bonds. The van der Waals surface area contributed by atoms with Gasteiger partial charge in [0.15, 0.2) is 0 Å². The molecule has 2 unspecified atom stereocenters. The predicted octanol–water partition coefficient (Wildman–Crippen LogP) is -0.201. The molecule has 0 aliphatic carbocycles. The molecular weight excluding hydrogens is 228 g/mol. The van der Waals surface area contributed by atoms with E-state index in [0.717, 1.165) is 46.0 Å². The van der Waals surface area contributed by atoms with Gasteiger partial charge in [-0.2, -0.15) is 0 Å². The van der Waals surface area contributed by atoms with Gasteiger partial charge in [0.25, 0.3) is 0 Å². The summed E-state index contributed by atoms with van der Waals surface area (Å²) in [5.74, 6) is 0. The first-order valence-electron chi connectivity index (χ1n) is 7.07. The van der Waals surface area contributed by atoms with Gasteiger partial charge < -0.3 is 15.4 Å². The molecule has 2 aliphatic rings. The largest absolute Gasteiger partial charge is 0.361 e. The van der Waals surface area contributed by atoms with E-state index in [1.54, 1.807) is 0 Å². The molecule has 2 atom stereocenters. The maximum absolute atomic E-state index is 5.86. The highest BCUT2D eigenvalue weighted by atomic mass is 16.5. The van der Waals surface area contributed by atoms with E-state index >= 15 is 0 Å². The normalized spacial score (nSPS) is 30.8. The summed E-state index contributed by atoms with van der Waals surface area (Å²) < 4.78 is 5.86. The smallest absolute Gasteiger partial charge is 0.120 e. The van der Waals surface area contributed by atoms with Crippen molar-refractivity contribution in [2.45, 2.75) is 33.0 Å². The molecule has 2 aliphatic heterocycles. The molecule has 0 aromatic carbocycles. The van der Waals surface area contributed by atoms with Crippen LogP contribution in [0.1, 0.15) is 20.8 Å². The van der Waals surface area contributed by atoms with Crippen LogP contribution in [0.5, 0.6) is 0 Å². The summed E-state index contributed by atoms with van der Waals surface area (Å²) in [6.45, 7) is 13.8. The van der Waals surface area contributed by atoms with Crippen molar-refractivity contribution in [3.05, 3.63) is 0 Å². The Bertz CT molecular complexity index is 240. The van der Waals surface area contributed by atoms with Crippen LogP contribution in [0.25, 0.3) is 0 Å². The average Bonchev–Trinajstić information content (AvgIpc) is 2.82. The molecule has 5 heteroatoms. The maximum atomic E-state index is 5.86. The summed E-state index contributed by atoms with van der Waals surface area (Å²) in [4.78, 5) is 2.38. The van der Waals surface area contributed by atoms with Crippen molar-refractivity contribution in [1.82, 2.24) is 20.9 Å². The fourth-order valence-corrected chi connectivity index (χ4v) is 2.44. The highest BCUT2D eigenvalue weighted by Crippen LogP contribution is 2.20. The lowest BCUT2D eigenvalue weighted by Gasteiger charge is -2.38. The Hall–Kier alpha value is -0.200. The first kappa shape index (κ1) is 14.2. The Kier molecular flexibility index (Phi) is 4.98. The van der Waals surface area contributed by atoms with Crippen molar-refractivity contribution < 1.29 is 4.74 Å². The van der Waals surface area contributed by atoms with Crippen molar-refractivity contribution in [3.63, 3.8) is 0 Å². The van der Waals surface area contributed by atoms with E-state index in [0.29, 0.717) is 11.5 Å². The average molecular weight is 256 g/mol. The van der Waals surface area contributed by atoms with Gasteiger partial charge in [0.2, 0.25) is 0 Å². The zero-order valence-corrected chi connectivity index (χ0v) is 12.0. The van der Waals surface area contributed by atoms with Gasteiger partial charge in [0, 0.05) is 45.4 Å². The zero-order valence-electron chi connectivity index (χ0n) is 12.0. The van der Waals surface area contributed by atoms with Crippen LogP contribution >= 0.6 is 0 Å². The fraction of sp³-hybridized carbons (Fsp3) is 1.00. The van der Waals surface area contributed by atoms with E-state index < -0.39 is 0 Å². The molecule has 0 radical (unpaired) electrons. The first-order chi connectivity index (χ1) is 8.55. The molecule has 0 bridgehead atoms. The van der Waals surface area contributed by atoms with Crippen LogP contribution in [0, 0.1) is 5.41 Å². The number of ether oxygens (including phenoxy) is 1. The Morgan fingerprint density at radius 3 is 2.61 bits per heavy atom. The van der Waals surface area contributed by atoms with Crippen LogP contribution in [0.2, 0.25) is 0 Å². The van der Waals surface area contributed by atoms with Crippen molar-refractivity contribution in [1.29, 1.82) is 0 Å². The third kappa shape index (κ3) is 4.17. The highest BCUT2D eigenvalue weighted by Gasteiger charge is 2.29. The molecule has 2 heterocycles. The van der Waals surface area contributed by atoms with Gasteiger partial charge in [-0.3, -0.25) is 10.2 Å². The number of hydrogen-bond donors (Lipinski definition) is 3. The van der Waals surface area contributed by atoms with Crippen molar-refractivity contribution in [2.75, 3.05) is 46.0 Å². The zero-order chi connectivity index (χ0) is 13.0. The monoisotopic (exact) mass is 256 g/mol. The molecule has 0 spiro atoms. The van der Waals surface area contributed by atoms with Crippen LogP contribution in [0.4, 0.5) is 0 Å². The van der Waals surface area contributed by atoms with Crippen LogP contribution in [0.3, 0.4) is 0 Å². The quantitative estimate of drug-likeness (QED) is 0.650. The van der Waals surface area contributed by atoms with Gasteiger partial charge in [0.05, 0.1) is 6.61 Å². The summed E-state index contributed by atoms with van der Waals surface area (Å²) in [6.07, 6.45) is 0.166. The van der Waals surface area contributed by atoms with Crippen LogP contribution < -0.4 is 16.0 Å². The minimum atomic E-state index is 0.166. The second kappa shape index (κ2) is 6.30. The summed E-state index contributed by atoms with van der Waals surface area (Å²) in [7, 11) is 0. The molecule has 2 fully saturated rings. The van der Waals surface area contributed by atoms with Gasteiger partial charge in [-0.15, -0.1) is 0 Å².